The SMILES string of the molecule is CCOc1ccc(N=C2Sc3nc4c(C)cccc4cc3CN2Cc2ccccc2)cc1. The van der Waals surface area contributed by atoms with Crippen molar-refractivity contribution in [1.29, 1.82) is 0 Å². The Labute approximate surface area is 193 Å². The highest BCUT2D eigenvalue weighted by Gasteiger charge is 2.25. The number of para-hydroxylation sites is 1. The third-order valence-corrected chi connectivity index (χ3v) is 6.57. The van der Waals surface area contributed by atoms with Crippen LogP contribution in [0.1, 0.15) is 23.6 Å². The number of rotatable bonds is 5. The van der Waals surface area contributed by atoms with Gasteiger partial charge in [-0.3, -0.25) is 0 Å². The minimum absolute atomic E-state index is 0.657. The number of nitrogens with zero attached hydrogens (tertiary/aromatic N) is 3. The molecule has 0 bridgehead atoms. The first-order valence-electron chi connectivity index (χ1n) is 10.9. The van der Waals surface area contributed by atoms with E-state index in [1.807, 2.05) is 31.2 Å². The molecule has 5 rings (SSSR count). The number of thioether (sulfide) groups is 1. The lowest BCUT2D eigenvalue weighted by Crippen LogP contribution is -2.31. The molecule has 0 saturated carbocycles. The highest BCUT2D eigenvalue weighted by molar-refractivity contribution is 8.13. The van der Waals surface area contributed by atoms with E-state index in [1.54, 1.807) is 11.8 Å². The summed E-state index contributed by atoms with van der Waals surface area (Å²) < 4.78 is 5.58. The zero-order valence-corrected chi connectivity index (χ0v) is 19.1. The van der Waals surface area contributed by atoms with Crippen molar-refractivity contribution >= 4 is 33.5 Å². The lowest BCUT2D eigenvalue weighted by Gasteiger charge is -2.31. The zero-order chi connectivity index (χ0) is 21.9. The van der Waals surface area contributed by atoms with Crippen LogP contribution in [0.15, 0.2) is 88.9 Å². The maximum atomic E-state index is 5.58. The maximum Gasteiger partial charge on any atom is 0.171 e. The lowest BCUT2D eigenvalue weighted by molar-refractivity contribution is 0.340. The molecular weight excluding hydrogens is 414 g/mol. The number of benzene rings is 3. The second-order valence-electron chi connectivity index (χ2n) is 7.86. The molecule has 0 unspecified atom stereocenters. The van der Waals surface area contributed by atoms with Crippen LogP contribution in [0.4, 0.5) is 5.69 Å². The van der Waals surface area contributed by atoms with Crippen LogP contribution >= 0.6 is 11.8 Å². The first-order valence-corrected chi connectivity index (χ1v) is 11.7. The zero-order valence-electron chi connectivity index (χ0n) is 18.3. The predicted molar refractivity (Wildman–Crippen MR) is 133 cm³/mol. The molecule has 0 amide bonds. The Morgan fingerprint density at radius 3 is 2.59 bits per heavy atom. The number of ether oxygens (including phenoxy) is 1. The van der Waals surface area contributed by atoms with Gasteiger partial charge in [0.25, 0.3) is 0 Å². The Morgan fingerprint density at radius 2 is 1.81 bits per heavy atom. The second kappa shape index (κ2) is 9.05. The van der Waals surface area contributed by atoms with Crippen molar-refractivity contribution in [1.82, 2.24) is 9.88 Å². The fraction of sp³-hybridized carbons (Fsp3) is 0.185. The summed E-state index contributed by atoms with van der Waals surface area (Å²) in [5.74, 6) is 0.864. The highest BCUT2D eigenvalue weighted by Crippen LogP contribution is 2.36. The van der Waals surface area contributed by atoms with Crippen LogP contribution in [0.5, 0.6) is 5.75 Å². The van der Waals surface area contributed by atoms with Gasteiger partial charge < -0.3 is 9.64 Å². The van der Waals surface area contributed by atoms with Crippen molar-refractivity contribution in [2.24, 2.45) is 4.99 Å². The van der Waals surface area contributed by atoms with Gasteiger partial charge in [-0.15, -0.1) is 0 Å². The van der Waals surface area contributed by atoms with Gasteiger partial charge in [0, 0.05) is 24.0 Å². The van der Waals surface area contributed by atoms with Crippen molar-refractivity contribution in [2.75, 3.05) is 6.61 Å². The largest absolute Gasteiger partial charge is 0.494 e. The Balaban J connectivity index is 1.53. The Kier molecular flexibility index (Phi) is 5.82. The van der Waals surface area contributed by atoms with E-state index >= 15 is 0 Å². The third kappa shape index (κ3) is 4.34. The van der Waals surface area contributed by atoms with Gasteiger partial charge in [-0.05, 0) is 67.1 Å². The fourth-order valence-corrected chi connectivity index (χ4v) is 4.89. The van der Waals surface area contributed by atoms with Crippen molar-refractivity contribution < 1.29 is 4.74 Å². The highest BCUT2D eigenvalue weighted by atomic mass is 32.2. The molecule has 3 aromatic carbocycles. The van der Waals surface area contributed by atoms with Gasteiger partial charge in [0.2, 0.25) is 0 Å². The van der Waals surface area contributed by atoms with Crippen molar-refractivity contribution in [3.63, 3.8) is 0 Å². The van der Waals surface area contributed by atoms with Crippen LogP contribution in [0.25, 0.3) is 10.9 Å². The van der Waals surface area contributed by atoms with Crippen molar-refractivity contribution in [3.8, 4) is 5.75 Å². The number of hydrogen-bond donors (Lipinski definition) is 0. The molecule has 1 aliphatic rings. The fourth-order valence-electron chi connectivity index (χ4n) is 3.91. The Hall–Kier alpha value is -3.31. The van der Waals surface area contributed by atoms with E-state index in [0.717, 1.165) is 40.2 Å². The minimum Gasteiger partial charge on any atom is -0.494 e. The molecule has 160 valence electrons. The number of aryl methyl sites for hydroxylation is 1. The molecule has 0 spiro atoms. The third-order valence-electron chi connectivity index (χ3n) is 5.50. The summed E-state index contributed by atoms with van der Waals surface area (Å²) >= 11 is 1.65. The molecule has 0 atom stereocenters. The van der Waals surface area contributed by atoms with Crippen LogP contribution < -0.4 is 4.74 Å². The van der Waals surface area contributed by atoms with Crippen molar-refractivity contribution in [2.45, 2.75) is 32.0 Å². The quantitative estimate of drug-likeness (QED) is 0.345. The van der Waals surface area contributed by atoms with Crippen LogP contribution in [0.3, 0.4) is 0 Å². The molecule has 32 heavy (non-hydrogen) atoms. The topological polar surface area (TPSA) is 37.7 Å². The van der Waals surface area contributed by atoms with Gasteiger partial charge in [-0.2, -0.15) is 0 Å². The normalized spacial score (nSPS) is 14.6. The molecule has 1 aromatic heterocycles. The molecule has 0 N–H and O–H groups in total. The average molecular weight is 440 g/mol. The molecule has 0 fully saturated rings. The molecule has 4 nitrogen and oxygen atoms in total. The average Bonchev–Trinajstić information content (AvgIpc) is 2.81. The van der Waals surface area contributed by atoms with Crippen LogP contribution in [0.2, 0.25) is 0 Å². The number of aliphatic imine (C=N–C) groups is 1. The van der Waals surface area contributed by atoms with Gasteiger partial charge in [0.05, 0.1) is 17.8 Å². The minimum atomic E-state index is 0.657. The summed E-state index contributed by atoms with van der Waals surface area (Å²) in [5.41, 5.74) is 5.68. The monoisotopic (exact) mass is 439 g/mol. The van der Waals surface area contributed by atoms with Crippen LogP contribution in [-0.4, -0.2) is 21.7 Å². The predicted octanol–water partition coefficient (Wildman–Crippen LogP) is 6.74. The second-order valence-corrected chi connectivity index (χ2v) is 8.82. The molecule has 0 radical (unpaired) electrons. The summed E-state index contributed by atoms with van der Waals surface area (Å²) in [6, 6.07) is 27.2. The van der Waals surface area contributed by atoms with E-state index in [9.17, 15) is 0 Å². The molecule has 0 saturated heterocycles. The van der Waals surface area contributed by atoms with Gasteiger partial charge in [0.1, 0.15) is 10.8 Å². The summed E-state index contributed by atoms with van der Waals surface area (Å²) in [6.45, 7) is 6.35. The number of fused-ring (bicyclic) bond motifs is 2. The molecule has 4 aromatic rings. The van der Waals surface area contributed by atoms with E-state index in [4.69, 9.17) is 14.7 Å². The smallest absolute Gasteiger partial charge is 0.171 e. The molecule has 5 heteroatoms. The summed E-state index contributed by atoms with van der Waals surface area (Å²) in [6.07, 6.45) is 0. The maximum absolute atomic E-state index is 5.58. The van der Waals surface area contributed by atoms with Crippen LogP contribution in [0, 0.1) is 6.92 Å². The Morgan fingerprint density at radius 1 is 1.00 bits per heavy atom. The van der Waals surface area contributed by atoms with E-state index in [0.29, 0.717) is 6.61 Å². The van der Waals surface area contributed by atoms with E-state index in [-0.39, 0.29) is 0 Å². The van der Waals surface area contributed by atoms with Gasteiger partial charge in [-0.25, -0.2) is 9.98 Å². The lowest BCUT2D eigenvalue weighted by atomic mass is 10.1. The summed E-state index contributed by atoms with van der Waals surface area (Å²) in [4.78, 5) is 12.4. The number of amidine groups is 1. The van der Waals surface area contributed by atoms with E-state index in [2.05, 4.69) is 66.4 Å². The number of aromatic nitrogens is 1. The first kappa shape index (κ1) is 20.6. The molecule has 2 heterocycles. The number of pyridine rings is 1. The van der Waals surface area contributed by atoms with E-state index in [1.165, 1.54) is 22.1 Å². The molecular formula is C27H25N3OS. The van der Waals surface area contributed by atoms with Gasteiger partial charge in [-0.1, -0.05) is 48.5 Å². The van der Waals surface area contributed by atoms with Gasteiger partial charge in [0.15, 0.2) is 5.17 Å². The van der Waals surface area contributed by atoms with E-state index < -0.39 is 0 Å². The molecule has 0 aliphatic carbocycles. The number of hydrogen-bond acceptors (Lipinski definition) is 4. The summed E-state index contributed by atoms with van der Waals surface area (Å²) in [7, 11) is 0. The van der Waals surface area contributed by atoms with Crippen molar-refractivity contribution in [3.05, 3.63) is 95.6 Å². The Bertz CT molecular complexity index is 1270. The summed E-state index contributed by atoms with van der Waals surface area (Å²) in [5, 5.41) is 3.20. The van der Waals surface area contributed by atoms with Crippen LogP contribution in [-0.2, 0) is 13.1 Å². The first-order chi connectivity index (χ1) is 15.7. The van der Waals surface area contributed by atoms with Gasteiger partial charge >= 0.3 is 0 Å². The standard InChI is InChI=1S/C27H25N3OS/c1-3-31-24-14-12-23(13-15-24)28-27-30(17-20-9-5-4-6-10-20)18-22-16-21-11-7-8-19(2)25(21)29-26(22)32-27/h4-16H,3,17-18H2,1-2H3. The molecule has 1 aliphatic heterocycles.